The van der Waals surface area contributed by atoms with Crippen LogP contribution in [0.25, 0.3) is 0 Å². The number of hydrogen-bond donors (Lipinski definition) is 2. The normalized spacial score (nSPS) is 10.6. The summed E-state index contributed by atoms with van der Waals surface area (Å²) >= 11 is 0. The van der Waals surface area contributed by atoms with Gasteiger partial charge in [0, 0.05) is 21.1 Å². The second-order valence-electron chi connectivity index (χ2n) is 4.23. The molecule has 0 fully saturated rings. The molecule has 0 atom stereocenters. The standard InChI is InChI=1S/C10H19N3O4/c1-10(2,8(15)16)13(5)9(17)12(4)6-7(14)11-3/h6H2,1-5H3,(H,11,14)(H,15,16). The van der Waals surface area contributed by atoms with Gasteiger partial charge in [0.2, 0.25) is 5.91 Å². The Labute approximate surface area is 100 Å². The molecule has 7 heteroatoms. The van der Waals surface area contributed by atoms with Crippen LogP contribution in [-0.2, 0) is 9.59 Å². The number of likely N-dealkylation sites (N-methyl/N-ethyl adjacent to an activating group) is 3. The average molecular weight is 245 g/mol. The molecule has 98 valence electrons. The highest BCUT2D eigenvalue weighted by molar-refractivity contribution is 5.88. The van der Waals surface area contributed by atoms with Crippen LogP contribution >= 0.6 is 0 Å². The summed E-state index contributed by atoms with van der Waals surface area (Å²) in [5.74, 6) is -1.43. The highest BCUT2D eigenvalue weighted by Gasteiger charge is 2.36. The van der Waals surface area contributed by atoms with E-state index in [9.17, 15) is 14.4 Å². The number of nitrogens with one attached hydrogen (secondary N) is 1. The fourth-order valence-electron chi connectivity index (χ4n) is 1.00. The average Bonchev–Trinajstić information content (AvgIpc) is 2.26. The van der Waals surface area contributed by atoms with Gasteiger partial charge in [-0.2, -0.15) is 0 Å². The van der Waals surface area contributed by atoms with Crippen LogP contribution < -0.4 is 5.32 Å². The topological polar surface area (TPSA) is 90.0 Å². The molecule has 7 nitrogen and oxygen atoms in total. The van der Waals surface area contributed by atoms with Gasteiger partial charge in [-0.05, 0) is 13.8 Å². The second kappa shape index (κ2) is 5.51. The van der Waals surface area contributed by atoms with Crippen LogP contribution in [0.15, 0.2) is 0 Å². The van der Waals surface area contributed by atoms with Crippen LogP contribution in [0, 0.1) is 0 Å². The van der Waals surface area contributed by atoms with Crippen molar-refractivity contribution >= 4 is 17.9 Å². The Morgan fingerprint density at radius 3 is 2.06 bits per heavy atom. The maximum absolute atomic E-state index is 11.9. The first-order valence-electron chi connectivity index (χ1n) is 5.07. The Morgan fingerprint density at radius 2 is 1.71 bits per heavy atom. The van der Waals surface area contributed by atoms with Crippen LogP contribution in [0.5, 0.6) is 0 Å². The van der Waals surface area contributed by atoms with Gasteiger partial charge in [0.05, 0.1) is 0 Å². The van der Waals surface area contributed by atoms with E-state index in [1.165, 1.54) is 35.0 Å². The highest BCUT2D eigenvalue weighted by Crippen LogP contribution is 2.14. The van der Waals surface area contributed by atoms with Crippen molar-refractivity contribution in [3.05, 3.63) is 0 Å². The summed E-state index contributed by atoms with van der Waals surface area (Å²) in [6, 6.07) is -0.527. The third kappa shape index (κ3) is 3.61. The van der Waals surface area contributed by atoms with Gasteiger partial charge in [-0.25, -0.2) is 9.59 Å². The molecule has 0 aromatic rings. The van der Waals surface area contributed by atoms with E-state index < -0.39 is 17.5 Å². The predicted octanol–water partition coefficient (Wildman–Crippen LogP) is -0.421. The molecule has 0 aliphatic carbocycles. The largest absolute Gasteiger partial charge is 0.480 e. The molecule has 0 saturated heterocycles. The zero-order chi connectivity index (χ0) is 13.8. The predicted molar refractivity (Wildman–Crippen MR) is 61.6 cm³/mol. The van der Waals surface area contributed by atoms with Gasteiger partial charge in [0.25, 0.3) is 0 Å². The Bertz CT molecular complexity index is 328. The second-order valence-corrected chi connectivity index (χ2v) is 4.23. The molecule has 0 aliphatic heterocycles. The highest BCUT2D eigenvalue weighted by atomic mass is 16.4. The summed E-state index contributed by atoms with van der Waals surface area (Å²) in [7, 11) is 4.29. The van der Waals surface area contributed by atoms with Crippen molar-refractivity contribution in [2.24, 2.45) is 0 Å². The molecule has 0 rings (SSSR count). The number of carboxylic acids is 1. The smallest absolute Gasteiger partial charge is 0.329 e. The number of rotatable bonds is 4. The van der Waals surface area contributed by atoms with Crippen LogP contribution in [0.1, 0.15) is 13.8 Å². The fraction of sp³-hybridized carbons (Fsp3) is 0.700. The molecule has 0 spiro atoms. The summed E-state index contributed by atoms with van der Waals surface area (Å²) in [5, 5.41) is 11.4. The number of hydrogen-bond acceptors (Lipinski definition) is 3. The van der Waals surface area contributed by atoms with Crippen molar-refractivity contribution in [3.63, 3.8) is 0 Å². The van der Waals surface area contributed by atoms with Gasteiger partial charge in [-0.1, -0.05) is 0 Å². The van der Waals surface area contributed by atoms with Crippen LogP contribution in [0.2, 0.25) is 0 Å². The number of aliphatic carboxylic acids is 1. The van der Waals surface area contributed by atoms with E-state index in [4.69, 9.17) is 5.11 Å². The minimum Gasteiger partial charge on any atom is -0.480 e. The molecule has 2 N–H and O–H groups in total. The first-order chi connectivity index (χ1) is 7.64. The molecule has 3 amide bonds. The molecule has 0 radical (unpaired) electrons. The van der Waals surface area contributed by atoms with Crippen LogP contribution in [-0.4, -0.2) is 66.0 Å². The Kier molecular flexibility index (Phi) is 4.93. The lowest BCUT2D eigenvalue weighted by molar-refractivity contribution is -0.147. The lowest BCUT2D eigenvalue weighted by atomic mass is 10.0. The number of carboxylic acid groups (broad SMARTS) is 1. The first-order valence-corrected chi connectivity index (χ1v) is 5.07. The summed E-state index contributed by atoms with van der Waals surface area (Å²) in [4.78, 5) is 36.2. The summed E-state index contributed by atoms with van der Waals surface area (Å²) in [5.41, 5.74) is -1.33. The van der Waals surface area contributed by atoms with E-state index in [0.717, 1.165) is 9.80 Å². The van der Waals surface area contributed by atoms with E-state index >= 15 is 0 Å². The third-order valence-electron chi connectivity index (χ3n) is 2.63. The minimum absolute atomic E-state index is 0.116. The molecular weight excluding hydrogens is 226 g/mol. The molecule has 0 bridgehead atoms. The summed E-state index contributed by atoms with van der Waals surface area (Å²) < 4.78 is 0. The van der Waals surface area contributed by atoms with E-state index in [-0.39, 0.29) is 12.5 Å². The number of urea groups is 1. The third-order valence-corrected chi connectivity index (χ3v) is 2.63. The van der Waals surface area contributed by atoms with Gasteiger partial charge in [0.15, 0.2) is 0 Å². The van der Waals surface area contributed by atoms with Crippen LogP contribution in [0.3, 0.4) is 0 Å². The molecule has 0 aromatic carbocycles. The minimum atomic E-state index is -1.33. The lowest BCUT2D eigenvalue weighted by Gasteiger charge is -2.34. The van der Waals surface area contributed by atoms with Gasteiger partial charge < -0.3 is 20.2 Å². The quantitative estimate of drug-likeness (QED) is 0.704. The van der Waals surface area contributed by atoms with Gasteiger partial charge in [-0.3, -0.25) is 4.79 Å². The van der Waals surface area contributed by atoms with E-state index in [1.54, 1.807) is 0 Å². The molecule has 0 unspecified atom stereocenters. The van der Waals surface area contributed by atoms with Crippen molar-refractivity contribution in [2.45, 2.75) is 19.4 Å². The van der Waals surface area contributed by atoms with Gasteiger partial charge >= 0.3 is 12.0 Å². The zero-order valence-electron chi connectivity index (χ0n) is 10.8. The first kappa shape index (κ1) is 15.2. The molecular formula is C10H19N3O4. The maximum Gasteiger partial charge on any atom is 0.329 e. The molecule has 0 heterocycles. The van der Waals surface area contributed by atoms with E-state index in [1.807, 2.05) is 0 Å². The van der Waals surface area contributed by atoms with Crippen molar-refractivity contribution in [2.75, 3.05) is 27.7 Å². The Balaban J connectivity index is 4.71. The summed E-state index contributed by atoms with van der Waals surface area (Å²) in [6.45, 7) is 2.72. The molecule has 17 heavy (non-hydrogen) atoms. The monoisotopic (exact) mass is 245 g/mol. The summed E-state index contributed by atoms with van der Waals surface area (Å²) in [6.07, 6.45) is 0. The number of carbonyl (C=O) groups excluding carboxylic acids is 2. The number of nitrogens with zero attached hydrogens (tertiary/aromatic N) is 2. The van der Waals surface area contributed by atoms with Crippen molar-refractivity contribution in [1.82, 2.24) is 15.1 Å². The van der Waals surface area contributed by atoms with Crippen molar-refractivity contribution in [3.8, 4) is 0 Å². The zero-order valence-corrected chi connectivity index (χ0v) is 10.8. The SMILES string of the molecule is CNC(=O)CN(C)C(=O)N(C)C(C)(C)C(=O)O. The van der Waals surface area contributed by atoms with E-state index in [0.29, 0.717) is 0 Å². The lowest BCUT2D eigenvalue weighted by Crippen LogP contribution is -2.55. The Morgan fingerprint density at radius 1 is 1.24 bits per heavy atom. The van der Waals surface area contributed by atoms with Crippen LogP contribution in [0.4, 0.5) is 4.79 Å². The number of amides is 3. The van der Waals surface area contributed by atoms with Crippen molar-refractivity contribution in [1.29, 1.82) is 0 Å². The number of carbonyl (C=O) groups is 3. The fourth-order valence-corrected chi connectivity index (χ4v) is 1.00. The van der Waals surface area contributed by atoms with Gasteiger partial charge in [0.1, 0.15) is 12.1 Å². The van der Waals surface area contributed by atoms with E-state index in [2.05, 4.69) is 5.32 Å². The molecule has 0 aliphatic rings. The Hall–Kier alpha value is -1.79. The van der Waals surface area contributed by atoms with Crippen molar-refractivity contribution < 1.29 is 19.5 Å². The molecule has 0 aromatic heterocycles. The van der Waals surface area contributed by atoms with Gasteiger partial charge in [-0.15, -0.1) is 0 Å². The maximum atomic E-state index is 11.9. The molecule has 0 saturated carbocycles.